The highest BCUT2D eigenvalue weighted by Gasteiger charge is 2.48. The summed E-state index contributed by atoms with van der Waals surface area (Å²) in [4.78, 5) is 35.3. The van der Waals surface area contributed by atoms with Crippen LogP contribution in [-0.2, 0) is 15.0 Å². The number of rotatable bonds is 6. The summed E-state index contributed by atoms with van der Waals surface area (Å²) in [6.45, 7) is 6.91. The molecular formula is C26H30ClN5O3. The van der Waals surface area contributed by atoms with Crippen LogP contribution >= 0.6 is 11.6 Å². The fourth-order valence-corrected chi connectivity index (χ4v) is 5.89. The third kappa shape index (κ3) is 4.24. The highest BCUT2D eigenvalue weighted by molar-refractivity contribution is 6.32. The molecule has 1 saturated carbocycles. The summed E-state index contributed by atoms with van der Waals surface area (Å²) < 4.78 is 0. The van der Waals surface area contributed by atoms with E-state index in [-0.39, 0.29) is 29.2 Å². The maximum atomic E-state index is 12.8. The fourth-order valence-electron chi connectivity index (χ4n) is 5.75. The van der Waals surface area contributed by atoms with Gasteiger partial charge in [0.1, 0.15) is 5.02 Å². The van der Waals surface area contributed by atoms with Crippen LogP contribution in [0.25, 0.3) is 0 Å². The number of carboxylic acid groups (broad SMARTS) is 1. The molecule has 3 aliphatic rings. The average molecular weight is 496 g/mol. The summed E-state index contributed by atoms with van der Waals surface area (Å²) in [5.74, 6) is -0.301. The number of aromatic nitrogens is 2. The van der Waals surface area contributed by atoms with Gasteiger partial charge in [-0.15, -0.1) is 0 Å². The first-order chi connectivity index (χ1) is 16.7. The zero-order valence-electron chi connectivity index (χ0n) is 20.1. The lowest BCUT2D eigenvalue weighted by atomic mass is 9.80. The van der Waals surface area contributed by atoms with E-state index in [1.165, 1.54) is 6.20 Å². The molecule has 1 aromatic carbocycles. The number of carbonyl (C=O) groups is 2. The van der Waals surface area contributed by atoms with Crippen LogP contribution < -0.4 is 15.5 Å². The minimum Gasteiger partial charge on any atom is -0.481 e. The Morgan fingerprint density at radius 3 is 2.80 bits per heavy atom. The second-order valence-electron chi connectivity index (χ2n) is 10.3. The molecule has 1 aromatic heterocycles. The van der Waals surface area contributed by atoms with Gasteiger partial charge >= 0.3 is 5.97 Å². The van der Waals surface area contributed by atoms with Gasteiger partial charge in [0.15, 0.2) is 5.82 Å². The van der Waals surface area contributed by atoms with Gasteiger partial charge in [0, 0.05) is 30.4 Å². The number of halogens is 1. The van der Waals surface area contributed by atoms with Gasteiger partial charge in [0.05, 0.1) is 12.1 Å². The monoisotopic (exact) mass is 495 g/mol. The number of carboxylic acids is 1. The van der Waals surface area contributed by atoms with E-state index in [1.807, 2.05) is 30.0 Å². The van der Waals surface area contributed by atoms with Gasteiger partial charge in [-0.05, 0) is 54.7 Å². The Labute approximate surface area is 209 Å². The highest BCUT2D eigenvalue weighted by Crippen LogP contribution is 2.45. The topological polar surface area (TPSA) is 107 Å². The Morgan fingerprint density at radius 2 is 2.06 bits per heavy atom. The lowest BCUT2D eigenvalue weighted by Gasteiger charge is -2.28. The first-order valence-corrected chi connectivity index (χ1v) is 12.5. The van der Waals surface area contributed by atoms with Gasteiger partial charge in [-0.25, -0.2) is 4.98 Å². The summed E-state index contributed by atoms with van der Waals surface area (Å²) in [5, 5.41) is 16.6. The summed E-state index contributed by atoms with van der Waals surface area (Å²) in [6, 6.07) is 5.72. The Balaban J connectivity index is 1.42. The minimum atomic E-state index is -0.814. The Morgan fingerprint density at radius 1 is 1.29 bits per heavy atom. The quantitative estimate of drug-likeness (QED) is 0.485. The van der Waals surface area contributed by atoms with Crippen molar-refractivity contribution in [2.75, 3.05) is 22.1 Å². The lowest BCUT2D eigenvalue weighted by molar-refractivity contribution is -0.142. The van der Waals surface area contributed by atoms with Gasteiger partial charge in [-0.2, -0.15) is 4.98 Å². The molecule has 1 fully saturated rings. The van der Waals surface area contributed by atoms with E-state index >= 15 is 0 Å². The molecule has 4 atom stereocenters. The van der Waals surface area contributed by atoms with Crippen LogP contribution in [0.5, 0.6) is 0 Å². The number of amides is 1. The second kappa shape index (κ2) is 8.82. The van der Waals surface area contributed by atoms with E-state index in [1.54, 1.807) is 0 Å². The van der Waals surface area contributed by atoms with Crippen LogP contribution in [-0.4, -0.2) is 39.5 Å². The first kappa shape index (κ1) is 23.6. The molecule has 2 aromatic rings. The lowest BCUT2D eigenvalue weighted by Crippen LogP contribution is -2.38. The molecule has 2 bridgehead atoms. The van der Waals surface area contributed by atoms with Crippen molar-refractivity contribution in [3.63, 3.8) is 0 Å². The van der Waals surface area contributed by atoms with Crippen LogP contribution in [0.15, 0.2) is 36.5 Å². The molecular weight excluding hydrogens is 466 g/mol. The molecule has 0 spiro atoms. The molecule has 0 saturated heterocycles. The molecule has 1 aliphatic heterocycles. The molecule has 8 nitrogen and oxygen atoms in total. The molecule has 1 amide bonds. The molecule has 2 aliphatic carbocycles. The molecule has 184 valence electrons. The standard InChI is InChI=1S/C26H30ClN5O3/c1-4-32-19-12-16(7-8-17(19)26(2,3)10-9-20(32)33)29-25-28-13-18(27)23(31-25)30-22-15-6-5-14(11-15)21(22)24(34)35/h5-8,12-15,21-22H,4,9-11H2,1-3H3,(H,34,35)(H2,28,29,30,31)/t14-,15+,21+,22-/m1/s1. The molecule has 0 radical (unpaired) electrons. The van der Waals surface area contributed by atoms with Crippen molar-refractivity contribution < 1.29 is 14.7 Å². The zero-order valence-corrected chi connectivity index (χ0v) is 20.8. The Kier molecular flexibility index (Phi) is 5.95. The predicted molar refractivity (Wildman–Crippen MR) is 136 cm³/mol. The number of benzene rings is 1. The van der Waals surface area contributed by atoms with E-state index < -0.39 is 11.9 Å². The minimum absolute atomic E-state index is 0.0289. The van der Waals surface area contributed by atoms with Crippen LogP contribution in [0.1, 0.15) is 45.6 Å². The van der Waals surface area contributed by atoms with Crippen molar-refractivity contribution >= 4 is 46.6 Å². The van der Waals surface area contributed by atoms with Gasteiger partial charge in [-0.1, -0.05) is 43.7 Å². The third-order valence-electron chi connectivity index (χ3n) is 7.65. The van der Waals surface area contributed by atoms with E-state index in [0.29, 0.717) is 29.8 Å². The van der Waals surface area contributed by atoms with Crippen molar-refractivity contribution in [2.45, 2.75) is 51.5 Å². The van der Waals surface area contributed by atoms with Crippen molar-refractivity contribution in [1.82, 2.24) is 9.97 Å². The number of carbonyl (C=O) groups excluding carboxylic acids is 1. The van der Waals surface area contributed by atoms with E-state index in [4.69, 9.17) is 11.6 Å². The third-order valence-corrected chi connectivity index (χ3v) is 7.92. The van der Waals surface area contributed by atoms with E-state index in [2.05, 4.69) is 46.6 Å². The summed E-state index contributed by atoms with van der Waals surface area (Å²) in [6.07, 6.45) is 7.72. The molecule has 2 heterocycles. The first-order valence-electron chi connectivity index (χ1n) is 12.1. The highest BCUT2D eigenvalue weighted by atomic mass is 35.5. The van der Waals surface area contributed by atoms with Gasteiger partial charge in [0.25, 0.3) is 0 Å². The number of nitrogens with one attached hydrogen (secondary N) is 2. The summed E-state index contributed by atoms with van der Waals surface area (Å²) >= 11 is 6.38. The van der Waals surface area contributed by atoms with Gasteiger partial charge < -0.3 is 20.6 Å². The molecule has 9 heteroatoms. The SMILES string of the molecule is CCN1C(=O)CCC(C)(C)c2ccc(Nc3ncc(Cl)c(N[C@H]4[C@@H](C(=O)O)[C@@H]5C=C[C@H]4C5)n3)cc21. The number of nitrogens with zero attached hydrogens (tertiary/aromatic N) is 3. The van der Waals surface area contributed by atoms with Gasteiger partial charge in [-0.3, -0.25) is 9.59 Å². The van der Waals surface area contributed by atoms with Crippen molar-refractivity contribution in [3.8, 4) is 0 Å². The average Bonchev–Trinajstić information content (AvgIpc) is 3.40. The predicted octanol–water partition coefficient (Wildman–Crippen LogP) is 4.99. The van der Waals surface area contributed by atoms with E-state index in [0.717, 1.165) is 29.8 Å². The summed E-state index contributed by atoms with van der Waals surface area (Å²) in [7, 11) is 0. The Hall–Kier alpha value is -3.13. The second-order valence-corrected chi connectivity index (χ2v) is 10.7. The molecule has 0 unspecified atom stereocenters. The van der Waals surface area contributed by atoms with Crippen molar-refractivity contribution in [2.24, 2.45) is 17.8 Å². The normalized spacial score (nSPS) is 26.4. The number of allylic oxidation sites excluding steroid dienone is 1. The van der Waals surface area contributed by atoms with E-state index in [9.17, 15) is 14.7 Å². The maximum Gasteiger partial charge on any atom is 0.309 e. The van der Waals surface area contributed by atoms with Crippen LogP contribution in [0.3, 0.4) is 0 Å². The zero-order chi connectivity index (χ0) is 24.9. The van der Waals surface area contributed by atoms with Crippen LogP contribution in [0.4, 0.5) is 23.1 Å². The number of fused-ring (bicyclic) bond motifs is 3. The number of hydrogen-bond donors (Lipinski definition) is 3. The number of anilines is 4. The maximum absolute atomic E-state index is 12.8. The molecule has 35 heavy (non-hydrogen) atoms. The van der Waals surface area contributed by atoms with Crippen molar-refractivity contribution in [1.29, 1.82) is 0 Å². The molecule has 5 rings (SSSR count). The fraction of sp³-hybridized carbons (Fsp3) is 0.462. The smallest absolute Gasteiger partial charge is 0.309 e. The Bertz CT molecular complexity index is 1210. The van der Waals surface area contributed by atoms with Crippen molar-refractivity contribution in [3.05, 3.63) is 47.1 Å². The number of aliphatic carboxylic acids is 1. The summed E-state index contributed by atoms with van der Waals surface area (Å²) in [5.41, 5.74) is 2.68. The van der Waals surface area contributed by atoms with Crippen LogP contribution in [0.2, 0.25) is 5.02 Å². The van der Waals surface area contributed by atoms with Crippen LogP contribution in [0, 0.1) is 17.8 Å². The molecule has 3 N–H and O–H groups in total. The largest absolute Gasteiger partial charge is 0.481 e. The number of hydrogen-bond acceptors (Lipinski definition) is 6. The van der Waals surface area contributed by atoms with Gasteiger partial charge in [0.2, 0.25) is 11.9 Å².